The van der Waals surface area contributed by atoms with E-state index < -0.39 is 0 Å². The molecule has 9 heteroatoms. The van der Waals surface area contributed by atoms with Gasteiger partial charge in [-0.25, -0.2) is 4.98 Å². The molecule has 4 aromatic rings. The topological polar surface area (TPSA) is 99.4 Å². The first-order valence-corrected chi connectivity index (χ1v) is 9.82. The Balaban J connectivity index is 1.47. The maximum atomic E-state index is 12.3. The third kappa shape index (κ3) is 4.25. The molecule has 0 unspecified atom stereocenters. The summed E-state index contributed by atoms with van der Waals surface area (Å²) in [5, 5.41) is 7.41. The van der Waals surface area contributed by atoms with Crippen molar-refractivity contribution in [1.29, 1.82) is 0 Å². The molecule has 8 nitrogen and oxygen atoms in total. The van der Waals surface area contributed by atoms with Gasteiger partial charge in [-0.15, -0.1) is 0 Å². The number of amides is 1. The molecular weight excluding hydrogens is 452 g/mol. The van der Waals surface area contributed by atoms with Crippen molar-refractivity contribution in [2.45, 2.75) is 6.54 Å². The van der Waals surface area contributed by atoms with E-state index in [1.54, 1.807) is 7.11 Å². The second kappa shape index (κ2) is 8.91. The van der Waals surface area contributed by atoms with E-state index >= 15 is 0 Å². The highest BCUT2D eigenvalue weighted by Gasteiger charge is 2.18. The molecule has 2 aromatic carbocycles. The number of fused-ring (bicyclic) bond motifs is 1. The molecule has 0 atom stereocenters. The lowest BCUT2D eigenvalue weighted by Gasteiger charge is -2.11. The van der Waals surface area contributed by atoms with E-state index in [2.05, 4.69) is 36.4 Å². The van der Waals surface area contributed by atoms with Crippen LogP contribution in [0.25, 0.3) is 22.4 Å². The normalized spacial score (nSPS) is 10.7. The van der Waals surface area contributed by atoms with Crippen molar-refractivity contribution in [2.75, 3.05) is 13.7 Å². The van der Waals surface area contributed by atoms with Crippen molar-refractivity contribution in [1.82, 2.24) is 20.4 Å². The smallest absolute Gasteiger partial charge is 0.265 e. The first-order chi connectivity index (χ1) is 14.7. The van der Waals surface area contributed by atoms with Crippen LogP contribution in [0.2, 0.25) is 0 Å². The van der Waals surface area contributed by atoms with Crippen LogP contribution < -0.4 is 14.8 Å². The summed E-state index contributed by atoms with van der Waals surface area (Å²) in [6.45, 7) is 0.0777. The molecule has 0 aliphatic rings. The Morgan fingerprint density at radius 1 is 1.17 bits per heavy atom. The van der Waals surface area contributed by atoms with Crippen LogP contribution in [0.15, 0.2) is 63.9 Å². The molecule has 1 N–H and O–H groups in total. The minimum absolute atomic E-state index is 0.220. The van der Waals surface area contributed by atoms with Crippen LogP contribution in [0, 0.1) is 0 Å². The van der Waals surface area contributed by atoms with Crippen molar-refractivity contribution < 1.29 is 18.8 Å². The number of nitrogens with one attached hydrogen (secondary N) is 1. The number of rotatable bonds is 7. The molecular formula is C21H17BrN4O4. The SMILES string of the molecule is COc1ccc(Br)cc1CNC(=O)COc1ncnc2onc(-c3ccccc3)c12. The van der Waals surface area contributed by atoms with Gasteiger partial charge in [0.15, 0.2) is 6.61 Å². The lowest BCUT2D eigenvalue weighted by molar-refractivity contribution is -0.123. The Morgan fingerprint density at radius 2 is 2.00 bits per heavy atom. The maximum Gasteiger partial charge on any atom is 0.265 e. The lowest BCUT2D eigenvalue weighted by Crippen LogP contribution is -2.28. The number of hydrogen-bond acceptors (Lipinski definition) is 7. The van der Waals surface area contributed by atoms with Gasteiger partial charge in [-0.05, 0) is 18.2 Å². The van der Waals surface area contributed by atoms with E-state index in [4.69, 9.17) is 14.0 Å². The third-order valence-corrected chi connectivity index (χ3v) is 4.84. The minimum atomic E-state index is -0.304. The number of ether oxygens (including phenoxy) is 2. The zero-order valence-electron chi connectivity index (χ0n) is 16.0. The van der Waals surface area contributed by atoms with E-state index in [0.29, 0.717) is 23.4 Å². The van der Waals surface area contributed by atoms with Gasteiger partial charge in [0, 0.05) is 22.1 Å². The summed E-state index contributed by atoms with van der Waals surface area (Å²) in [6, 6.07) is 15.1. The zero-order valence-corrected chi connectivity index (χ0v) is 17.5. The predicted octanol–water partition coefficient (Wildman–Crippen LogP) is 3.75. The number of halogens is 1. The monoisotopic (exact) mass is 468 g/mol. The van der Waals surface area contributed by atoms with Gasteiger partial charge in [0.2, 0.25) is 5.88 Å². The van der Waals surface area contributed by atoms with Crippen LogP contribution in [-0.4, -0.2) is 34.7 Å². The Bertz CT molecular complexity index is 1180. The molecule has 30 heavy (non-hydrogen) atoms. The Kier molecular flexibility index (Phi) is 5.89. The van der Waals surface area contributed by atoms with Crippen molar-refractivity contribution in [3.05, 3.63) is 64.9 Å². The first-order valence-electron chi connectivity index (χ1n) is 9.03. The van der Waals surface area contributed by atoms with Gasteiger partial charge in [0.05, 0.1) is 7.11 Å². The Labute approximate surface area is 180 Å². The minimum Gasteiger partial charge on any atom is -0.496 e. The number of benzene rings is 2. The average molecular weight is 469 g/mol. The molecule has 0 radical (unpaired) electrons. The highest BCUT2D eigenvalue weighted by Crippen LogP contribution is 2.32. The summed E-state index contributed by atoms with van der Waals surface area (Å²) in [5.74, 6) is 0.616. The second-order valence-corrected chi connectivity index (χ2v) is 7.19. The van der Waals surface area contributed by atoms with Gasteiger partial charge in [-0.2, -0.15) is 4.98 Å². The van der Waals surface area contributed by atoms with Gasteiger partial charge in [0.1, 0.15) is 23.2 Å². The summed E-state index contributed by atoms with van der Waals surface area (Å²) < 4.78 is 17.2. The summed E-state index contributed by atoms with van der Waals surface area (Å²) in [5.41, 5.74) is 2.52. The van der Waals surface area contributed by atoms with Gasteiger partial charge in [-0.1, -0.05) is 51.4 Å². The molecule has 0 aliphatic heterocycles. The third-order valence-electron chi connectivity index (χ3n) is 4.34. The van der Waals surface area contributed by atoms with Gasteiger partial charge in [0.25, 0.3) is 11.6 Å². The highest BCUT2D eigenvalue weighted by molar-refractivity contribution is 9.10. The summed E-state index contributed by atoms with van der Waals surface area (Å²) >= 11 is 3.42. The number of carbonyl (C=O) groups is 1. The maximum absolute atomic E-state index is 12.3. The van der Waals surface area contributed by atoms with Crippen LogP contribution in [0.5, 0.6) is 11.6 Å². The highest BCUT2D eigenvalue weighted by atomic mass is 79.9. The largest absolute Gasteiger partial charge is 0.496 e. The van der Waals surface area contributed by atoms with Crippen LogP contribution in [0.3, 0.4) is 0 Å². The molecule has 0 saturated heterocycles. The molecule has 4 rings (SSSR count). The molecule has 0 aliphatic carbocycles. The van der Waals surface area contributed by atoms with Crippen LogP contribution >= 0.6 is 15.9 Å². The van der Waals surface area contributed by atoms with E-state index in [-0.39, 0.29) is 24.1 Å². The molecule has 0 bridgehead atoms. The standard InChI is InChI=1S/C21H17BrN4O4/c1-28-16-8-7-15(22)9-14(16)10-23-17(27)11-29-20-18-19(13-5-3-2-4-6-13)26-30-21(18)25-12-24-20/h2-9,12H,10-11H2,1H3,(H,23,27). The fourth-order valence-corrected chi connectivity index (χ4v) is 3.34. The lowest BCUT2D eigenvalue weighted by atomic mass is 10.1. The van der Waals surface area contributed by atoms with Gasteiger partial charge in [-0.3, -0.25) is 4.79 Å². The molecule has 1 amide bonds. The number of methoxy groups -OCH3 is 1. The van der Waals surface area contributed by atoms with Crippen molar-refractivity contribution in [3.8, 4) is 22.9 Å². The number of nitrogens with zero attached hydrogens (tertiary/aromatic N) is 3. The first kappa shape index (κ1) is 19.8. The molecule has 152 valence electrons. The van der Waals surface area contributed by atoms with E-state index in [1.807, 2.05) is 48.5 Å². The Hall–Kier alpha value is -3.46. The van der Waals surface area contributed by atoms with Crippen molar-refractivity contribution in [3.63, 3.8) is 0 Å². The van der Waals surface area contributed by atoms with Crippen LogP contribution in [0.1, 0.15) is 5.56 Å². The van der Waals surface area contributed by atoms with E-state index in [1.165, 1.54) is 6.33 Å². The summed E-state index contributed by atoms with van der Waals surface area (Å²) in [6.07, 6.45) is 1.31. The number of carbonyl (C=O) groups excluding carboxylic acids is 1. The quantitative estimate of drug-likeness (QED) is 0.440. The molecule has 0 saturated carbocycles. The number of hydrogen-bond donors (Lipinski definition) is 1. The molecule has 0 fully saturated rings. The van der Waals surface area contributed by atoms with Crippen LogP contribution in [-0.2, 0) is 11.3 Å². The van der Waals surface area contributed by atoms with E-state index in [0.717, 1.165) is 15.6 Å². The predicted molar refractivity (Wildman–Crippen MR) is 113 cm³/mol. The summed E-state index contributed by atoms with van der Waals surface area (Å²) in [4.78, 5) is 20.6. The average Bonchev–Trinajstić information content (AvgIpc) is 3.22. The number of aromatic nitrogens is 3. The Morgan fingerprint density at radius 3 is 2.80 bits per heavy atom. The van der Waals surface area contributed by atoms with Crippen molar-refractivity contribution >= 4 is 32.9 Å². The van der Waals surface area contributed by atoms with Gasteiger partial charge >= 0.3 is 0 Å². The fraction of sp³-hybridized carbons (Fsp3) is 0.143. The zero-order chi connectivity index (χ0) is 20.9. The molecule has 0 spiro atoms. The van der Waals surface area contributed by atoms with Gasteiger partial charge < -0.3 is 19.3 Å². The van der Waals surface area contributed by atoms with Crippen LogP contribution in [0.4, 0.5) is 0 Å². The molecule has 2 heterocycles. The van der Waals surface area contributed by atoms with Crippen molar-refractivity contribution in [2.24, 2.45) is 0 Å². The summed E-state index contributed by atoms with van der Waals surface area (Å²) in [7, 11) is 1.58. The molecule has 2 aromatic heterocycles. The fourth-order valence-electron chi connectivity index (χ4n) is 2.93. The van der Waals surface area contributed by atoms with E-state index in [9.17, 15) is 4.79 Å². The second-order valence-electron chi connectivity index (χ2n) is 6.28.